The summed E-state index contributed by atoms with van der Waals surface area (Å²) in [5, 5.41) is 0. The molecule has 23 heavy (non-hydrogen) atoms. The van der Waals surface area contributed by atoms with E-state index < -0.39 is 12.0 Å². The van der Waals surface area contributed by atoms with E-state index in [2.05, 4.69) is 27.5 Å². The summed E-state index contributed by atoms with van der Waals surface area (Å²) in [6.07, 6.45) is 2.25. The van der Waals surface area contributed by atoms with Crippen LogP contribution in [0.2, 0.25) is 0 Å². The van der Waals surface area contributed by atoms with E-state index >= 15 is 0 Å². The van der Waals surface area contributed by atoms with E-state index in [1.807, 2.05) is 19.2 Å². The minimum absolute atomic E-state index is 0.0933. The monoisotopic (exact) mass is 429 g/mol. The third-order valence-electron chi connectivity index (χ3n) is 5.03. The van der Waals surface area contributed by atoms with Crippen LogP contribution in [0.5, 0.6) is 0 Å². The maximum absolute atomic E-state index is 12.4. The van der Waals surface area contributed by atoms with Crippen LogP contribution in [0, 0.1) is 9.49 Å². The maximum atomic E-state index is 12.4. The molecule has 0 spiro atoms. The summed E-state index contributed by atoms with van der Waals surface area (Å²) in [5.41, 5.74) is 0.514. The Morgan fingerprint density at radius 3 is 2.57 bits per heavy atom. The molecule has 5 nitrogen and oxygen atoms in total. The molecule has 2 aliphatic rings. The lowest BCUT2D eigenvalue weighted by Crippen LogP contribution is -2.53. The Morgan fingerprint density at radius 1 is 1.22 bits per heavy atom. The molecule has 0 aliphatic carbocycles. The van der Waals surface area contributed by atoms with Gasteiger partial charge in [-0.3, -0.25) is 9.69 Å². The van der Waals surface area contributed by atoms with Crippen LogP contribution in [0.1, 0.15) is 29.6 Å². The van der Waals surface area contributed by atoms with Gasteiger partial charge < -0.3 is 9.47 Å². The summed E-state index contributed by atoms with van der Waals surface area (Å²) in [5.74, 6) is -1.07. The lowest BCUT2D eigenvalue weighted by molar-refractivity contribution is -0.156. The number of halogens is 1. The molecule has 2 heterocycles. The number of carbonyl (C=O) groups excluding carboxylic acids is 2. The van der Waals surface area contributed by atoms with E-state index in [9.17, 15) is 9.59 Å². The maximum Gasteiger partial charge on any atom is 0.338 e. The van der Waals surface area contributed by atoms with Gasteiger partial charge in [0.25, 0.3) is 0 Å². The Hall–Kier alpha value is -1.15. The number of hydrogen-bond donors (Lipinski definition) is 0. The number of rotatable bonds is 3. The molecular formula is C17H20INO4. The van der Waals surface area contributed by atoms with Gasteiger partial charge in [0.1, 0.15) is 12.0 Å². The highest BCUT2D eigenvalue weighted by Gasteiger charge is 2.50. The molecular weight excluding hydrogens is 409 g/mol. The van der Waals surface area contributed by atoms with Crippen molar-refractivity contribution in [2.45, 2.75) is 37.5 Å². The first kappa shape index (κ1) is 16.7. The summed E-state index contributed by atoms with van der Waals surface area (Å²) < 4.78 is 11.7. The van der Waals surface area contributed by atoms with Crippen molar-refractivity contribution < 1.29 is 19.1 Å². The SMILES string of the molecule is COC(=O)[C@H]1[C@@H](OC(=O)c2ccc(I)cc2)C[C@@H]2CC[C@H]1N2C. The highest BCUT2D eigenvalue weighted by atomic mass is 127. The van der Waals surface area contributed by atoms with Crippen molar-refractivity contribution in [1.29, 1.82) is 0 Å². The fraction of sp³-hybridized carbons (Fsp3) is 0.529. The zero-order valence-electron chi connectivity index (χ0n) is 13.2. The van der Waals surface area contributed by atoms with Gasteiger partial charge in [-0.05, 0) is 66.7 Å². The van der Waals surface area contributed by atoms with Gasteiger partial charge in [0.05, 0.1) is 12.7 Å². The quantitative estimate of drug-likeness (QED) is 0.546. The van der Waals surface area contributed by atoms with Gasteiger partial charge in [-0.1, -0.05) is 0 Å². The Kier molecular flexibility index (Phi) is 4.91. The number of ether oxygens (including phenoxy) is 2. The van der Waals surface area contributed by atoms with Gasteiger partial charge in [-0.2, -0.15) is 0 Å². The van der Waals surface area contributed by atoms with Crippen molar-refractivity contribution in [1.82, 2.24) is 4.90 Å². The van der Waals surface area contributed by atoms with Crippen molar-refractivity contribution >= 4 is 34.5 Å². The van der Waals surface area contributed by atoms with Crippen LogP contribution in [0.15, 0.2) is 24.3 Å². The lowest BCUT2D eigenvalue weighted by Gasteiger charge is -2.40. The summed E-state index contributed by atoms with van der Waals surface area (Å²) >= 11 is 2.19. The minimum atomic E-state index is -0.414. The van der Waals surface area contributed by atoms with Gasteiger partial charge in [-0.15, -0.1) is 0 Å². The molecule has 0 radical (unpaired) electrons. The predicted octanol–water partition coefficient (Wildman–Crippen LogP) is 2.47. The van der Waals surface area contributed by atoms with Crippen LogP contribution in [-0.2, 0) is 14.3 Å². The standard InChI is InChI=1S/C17H20INO4/c1-19-12-7-8-13(19)15(17(21)22-2)14(9-12)23-16(20)10-3-5-11(18)6-4-10/h3-6,12-15H,7-9H2,1-2H3/t12-,13+,14-,15+/m0/s1. The largest absolute Gasteiger partial charge is 0.469 e. The second-order valence-electron chi connectivity index (χ2n) is 6.20. The fourth-order valence-electron chi connectivity index (χ4n) is 3.78. The highest BCUT2D eigenvalue weighted by molar-refractivity contribution is 14.1. The Labute approximate surface area is 149 Å². The average molecular weight is 429 g/mol. The number of piperidine rings is 1. The molecule has 2 fully saturated rings. The van der Waals surface area contributed by atoms with E-state index in [1.54, 1.807) is 12.1 Å². The number of methoxy groups -OCH3 is 1. The predicted molar refractivity (Wildman–Crippen MR) is 93.1 cm³/mol. The first-order valence-electron chi connectivity index (χ1n) is 7.77. The van der Waals surface area contributed by atoms with Gasteiger partial charge in [0.2, 0.25) is 0 Å². The zero-order chi connectivity index (χ0) is 16.6. The van der Waals surface area contributed by atoms with Crippen molar-refractivity contribution in [3.63, 3.8) is 0 Å². The zero-order valence-corrected chi connectivity index (χ0v) is 15.4. The second kappa shape index (κ2) is 6.76. The number of carbonyl (C=O) groups is 2. The molecule has 0 aromatic heterocycles. The van der Waals surface area contributed by atoms with Crippen LogP contribution < -0.4 is 0 Å². The fourth-order valence-corrected chi connectivity index (χ4v) is 4.14. The van der Waals surface area contributed by atoms with E-state index in [-0.39, 0.29) is 18.0 Å². The Bertz CT molecular complexity index is 603. The summed E-state index contributed by atoms with van der Waals surface area (Å²) in [4.78, 5) is 26.9. The average Bonchev–Trinajstić information content (AvgIpc) is 2.78. The summed E-state index contributed by atoms with van der Waals surface area (Å²) in [7, 11) is 3.43. The molecule has 0 N–H and O–H groups in total. The number of fused-ring (bicyclic) bond motifs is 2. The van der Waals surface area contributed by atoms with Crippen LogP contribution in [0.25, 0.3) is 0 Å². The van der Waals surface area contributed by atoms with E-state index in [4.69, 9.17) is 9.47 Å². The third-order valence-corrected chi connectivity index (χ3v) is 5.75. The van der Waals surface area contributed by atoms with E-state index in [0.717, 1.165) is 16.4 Å². The van der Waals surface area contributed by atoms with Gasteiger partial charge >= 0.3 is 11.9 Å². The third kappa shape index (κ3) is 3.24. The first-order valence-corrected chi connectivity index (χ1v) is 8.85. The van der Waals surface area contributed by atoms with Crippen molar-refractivity contribution in [2.75, 3.05) is 14.2 Å². The summed E-state index contributed by atoms with van der Waals surface area (Å²) in [6.45, 7) is 0. The molecule has 2 saturated heterocycles. The second-order valence-corrected chi connectivity index (χ2v) is 7.44. The van der Waals surface area contributed by atoms with E-state index in [0.29, 0.717) is 18.0 Å². The Morgan fingerprint density at radius 2 is 1.91 bits per heavy atom. The molecule has 1 aromatic rings. The molecule has 0 saturated carbocycles. The molecule has 1 aromatic carbocycles. The van der Waals surface area contributed by atoms with E-state index in [1.165, 1.54) is 7.11 Å². The van der Waals surface area contributed by atoms with Crippen LogP contribution in [0.4, 0.5) is 0 Å². The number of nitrogens with zero attached hydrogens (tertiary/aromatic N) is 1. The topological polar surface area (TPSA) is 55.8 Å². The Balaban J connectivity index is 1.78. The van der Waals surface area contributed by atoms with Gasteiger partial charge in [0.15, 0.2) is 0 Å². The van der Waals surface area contributed by atoms with Crippen molar-refractivity contribution in [3.8, 4) is 0 Å². The van der Waals surface area contributed by atoms with Crippen molar-refractivity contribution in [3.05, 3.63) is 33.4 Å². The molecule has 0 amide bonds. The van der Waals surface area contributed by atoms with Crippen LogP contribution >= 0.6 is 22.6 Å². The smallest absolute Gasteiger partial charge is 0.338 e. The molecule has 6 heteroatoms. The van der Waals surface area contributed by atoms with Crippen molar-refractivity contribution in [2.24, 2.45) is 5.92 Å². The molecule has 0 unspecified atom stereocenters. The minimum Gasteiger partial charge on any atom is -0.469 e. The summed E-state index contributed by atoms with van der Waals surface area (Å²) in [6, 6.07) is 7.70. The van der Waals surface area contributed by atoms with Gasteiger partial charge in [0, 0.05) is 22.1 Å². The number of esters is 2. The number of hydrogen-bond acceptors (Lipinski definition) is 5. The normalized spacial score (nSPS) is 30.0. The number of benzene rings is 1. The molecule has 2 bridgehead atoms. The highest BCUT2D eigenvalue weighted by Crippen LogP contribution is 2.40. The first-order chi connectivity index (χ1) is 11.0. The molecule has 3 rings (SSSR count). The molecule has 124 valence electrons. The molecule has 4 atom stereocenters. The van der Waals surface area contributed by atoms with Crippen LogP contribution in [0.3, 0.4) is 0 Å². The lowest BCUT2D eigenvalue weighted by atomic mass is 9.87. The molecule has 2 aliphatic heterocycles. The van der Waals surface area contributed by atoms with Gasteiger partial charge in [-0.25, -0.2) is 4.79 Å². The van der Waals surface area contributed by atoms with Crippen LogP contribution in [-0.4, -0.2) is 49.2 Å².